The number of fused-ring (bicyclic) bond motifs is 7. The van der Waals surface area contributed by atoms with Crippen LogP contribution in [0.5, 0.6) is 0 Å². The van der Waals surface area contributed by atoms with Crippen molar-refractivity contribution >= 4 is 71.2 Å². The van der Waals surface area contributed by atoms with Crippen LogP contribution < -0.4 is 4.90 Å². The van der Waals surface area contributed by atoms with Crippen molar-refractivity contribution in [3.8, 4) is 39.1 Å². The van der Waals surface area contributed by atoms with Crippen molar-refractivity contribution in [1.29, 1.82) is 0 Å². The fourth-order valence-corrected chi connectivity index (χ4v) is 9.70. The zero-order chi connectivity index (χ0) is 41.0. The summed E-state index contributed by atoms with van der Waals surface area (Å²) in [5.41, 5.74) is 14.1. The molecule has 0 amide bonds. The molecule has 0 aliphatic carbocycles. The highest BCUT2D eigenvalue weighted by Gasteiger charge is 2.20. The molecule has 1 heterocycles. The largest absolute Gasteiger partial charge is 0.310 e. The lowest BCUT2D eigenvalue weighted by Gasteiger charge is -2.26. The second-order valence-electron chi connectivity index (χ2n) is 16.1. The van der Waals surface area contributed by atoms with Gasteiger partial charge < -0.3 is 9.47 Å². The molecule has 0 unspecified atom stereocenters. The molecule has 11 aromatic carbocycles. The van der Waals surface area contributed by atoms with Crippen LogP contribution in [0.25, 0.3) is 93.2 Å². The zero-order valence-corrected chi connectivity index (χ0v) is 34.0. The van der Waals surface area contributed by atoms with E-state index in [2.05, 4.69) is 252 Å². The van der Waals surface area contributed by atoms with E-state index in [1.54, 1.807) is 0 Å². The molecular formula is C60H40N2. The van der Waals surface area contributed by atoms with Crippen LogP contribution in [0.15, 0.2) is 243 Å². The van der Waals surface area contributed by atoms with Crippen LogP contribution in [-0.2, 0) is 0 Å². The van der Waals surface area contributed by atoms with Crippen molar-refractivity contribution in [2.75, 3.05) is 4.90 Å². The lowest BCUT2D eigenvalue weighted by Crippen LogP contribution is -2.10. The van der Waals surface area contributed by atoms with Gasteiger partial charge in [0.05, 0.1) is 11.0 Å². The molecule has 0 saturated heterocycles. The Hall–Kier alpha value is -8.20. The fourth-order valence-electron chi connectivity index (χ4n) is 9.70. The van der Waals surface area contributed by atoms with Crippen LogP contribution >= 0.6 is 0 Å². The smallest absolute Gasteiger partial charge is 0.0542 e. The van der Waals surface area contributed by atoms with Gasteiger partial charge in [0.25, 0.3) is 0 Å². The van der Waals surface area contributed by atoms with Gasteiger partial charge in [-0.05, 0) is 132 Å². The van der Waals surface area contributed by atoms with E-state index in [-0.39, 0.29) is 0 Å². The van der Waals surface area contributed by atoms with Crippen molar-refractivity contribution < 1.29 is 0 Å². The van der Waals surface area contributed by atoms with Crippen molar-refractivity contribution in [3.05, 3.63) is 243 Å². The molecule has 62 heavy (non-hydrogen) atoms. The number of benzene rings is 11. The molecule has 0 aliphatic heterocycles. The highest BCUT2D eigenvalue weighted by atomic mass is 15.1. The predicted molar refractivity (Wildman–Crippen MR) is 264 cm³/mol. The van der Waals surface area contributed by atoms with Crippen molar-refractivity contribution in [1.82, 2.24) is 4.57 Å². The minimum atomic E-state index is 1.09. The molecule has 0 saturated carbocycles. The third kappa shape index (κ3) is 5.96. The summed E-state index contributed by atoms with van der Waals surface area (Å²) in [4.78, 5) is 2.40. The summed E-state index contributed by atoms with van der Waals surface area (Å²) < 4.78 is 2.38. The van der Waals surface area contributed by atoms with Crippen LogP contribution in [0, 0.1) is 0 Å². The molecule has 0 N–H and O–H groups in total. The standard InChI is InChI=1S/C60H40N2/c1-3-16-43(17-4-1)59-54-24-11-9-21-51(54)52-22-10-12-25-55(52)60(59)44-31-35-49(36-32-44)61(48-33-29-42(30-34-48)46-28-27-41-15-7-8-18-45(41)39-46)50-37-38-58-56(40-50)53-23-13-14-26-57(53)62(58)47-19-5-2-6-20-47/h1-40H. The average Bonchev–Trinajstić information content (AvgIpc) is 3.68. The zero-order valence-electron chi connectivity index (χ0n) is 34.0. The molecule has 0 aliphatic rings. The fraction of sp³-hybridized carbons (Fsp3) is 0. The van der Waals surface area contributed by atoms with Crippen LogP contribution in [0.3, 0.4) is 0 Å². The second kappa shape index (κ2) is 14.8. The Labute approximate surface area is 360 Å². The van der Waals surface area contributed by atoms with Crippen molar-refractivity contribution in [2.24, 2.45) is 0 Å². The van der Waals surface area contributed by atoms with Gasteiger partial charge in [0.15, 0.2) is 0 Å². The normalized spacial score (nSPS) is 11.5. The van der Waals surface area contributed by atoms with E-state index >= 15 is 0 Å². The number of anilines is 3. The van der Waals surface area contributed by atoms with Crippen LogP contribution in [0.2, 0.25) is 0 Å². The number of hydrogen-bond donors (Lipinski definition) is 0. The molecule has 290 valence electrons. The van der Waals surface area contributed by atoms with E-state index in [1.165, 1.54) is 87.5 Å². The molecule has 0 radical (unpaired) electrons. The molecule has 12 rings (SSSR count). The Bertz CT molecular complexity index is 3600. The second-order valence-corrected chi connectivity index (χ2v) is 16.1. The van der Waals surface area contributed by atoms with Crippen molar-refractivity contribution in [2.45, 2.75) is 0 Å². The van der Waals surface area contributed by atoms with Crippen LogP contribution in [-0.4, -0.2) is 4.57 Å². The van der Waals surface area contributed by atoms with Gasteiger partial charge >= 0.3 is 0 Å². The van der Waals surface area contributed by atoms with Gasteiger partial charge in [0.2, 0.25) is 0 Å². The molecular weight excluding hydrogens is 749 g/mol. The van der Waals surface area contributed by atoms with E-state index in [9.17, 15) is 0 Å². The molecule has 1 aromatic heterocycles. The highest BCUT2D eigenvalue weighted by molar-refractivity contribution is 6.21. The first-order chi connectivity index (χ1) is 30.8. The van der Waals surface area contributed by atoms with E-state index < -0.39 is 0 Å². The summed E-state index contributed by atoms with van der Waals surface area (Å²) in [5, 5.41) is 9.97. The first kappa shape index (κ1) is 35.7. The Morgan fingerprint density at radius 3 is 1.39 bits per heavy atom. The van der Waals surface area contributed by atoms with E-state index in [4.69, 9.17) is 0 Å². The van der Waals surface area contributed by atoms with E-state index in [0.29, 0.717) is 0 Å². The Morgan fingerprint density at radius 2 is 0.726 bits per heavy atom. The molecule has 0 atom stereocenters. The molecule has 0 spiro atoms. The van der Waals surface area contributed by atoms with Gasteiger partial charge in [-0.25, -0.2) is 0 Å². The third-order valence-corrected chi connectivity index (χ3v) is 12.5. The van der Waals surface area contributed by atoms with Crippen LogP contribution in [0.4, 0.5) is 17.1 Å². The maximum absolute atomic E-state index is 2.40. The van der Waals surface area contributed by atoms with Gasteiger partial charge in [-0.1, -0.05) is 176 Å². The Morgan fingerprint density at radius 1 is 0.258 bits per heavy atom. The first-order valence-corrected chi connectivity index (χ1v) is 21.3. The SMILES string of the molecule is c1ccc(-c2c(-c3ccc(N(c4ccc(-c5ccc6ccccc6c5)cc4)c4ccc5c(c4)c4ccccc4n5-c4ccccc4)cc3)c3ccccc3c3ccccc23)cc1. The summed E-state index contributed by atoms with van der Waals surface area (Å²) in [6, 6.07) is 88.5. The van der Waals surface area contributed by atoms with E-state index in [0.717, 1.165) is 22.7 Å². The van der Waals surface area contributed by atoms with Gasteiger partial charge in [0.1, 0.15) is 0 Å². The van der Waals surface area contributed by atoms with Crippen molar-refractivity contribution in [3.63, 3.8) is 0 Å². The summed E-state index contributed by atoms with van der Waals surface area (Å²) in [6.07, 6.45) is 0. The minimum absolute atomic E-state index is 1.09. The summed E-state index contributed by atoms with van der Waals surface area (Å²) in [5.74, 6) is 0. The molecule has 0 fully saturated rings. The maximum atomic E-state index is 2.40. The lowest BCUT2D eigenvalue weighted by molar-refractivity contribution is 1.18. The number of nitrogens with zero attached hydrogens (tertiary/aromatic N) is 2. The molecule has 12 aromatic rings. The lowest BCUT2D eigenvalue weighted by atomic mass is 9.85. The van der Waals surface area contributed by atoms with Gasteiger partial charge in [-0.3, -0.25) is 0 Å². The van der Waals surface area contributed by atoms with Crippen LogP contribution in [0.1, 0.15) is 0 Å². The quantitative estimate of drug-likeness (QED) is 0.146. The first-order valence-electron chi connectivity index (χ1n) is 21.3. The number of rotatable bonds is 7. The maximum Gasteiger partial charge on any atom is 0.0542 e. The number of hydrogen-bond acceptors (Lipinski definition) is 1. The molecule has 2 nitrogen and oxygen atoms in total. The highest BCUT2D eigenvalue weighted by Crippen LogP contribution is 2.46. The third-order valence-electron chi connectivity index (χ3n) is 12.5. The van der Waals surface area contributed by atoms with Gasteiger partial charge in [-0.2, -0.15) is 0 Å². The monoisotopic (exact) mass is 788 g/mol. The molecule has 0 bridgehead atoms. The summed E-state index contributed by atoms with van der Waals surface area (Å²) >= 11 is 0. The number of para-hydroxylation sites is 2. The number of aromatic nitrogens is 1. The Kier molecular flexibility index (Phi) is 8.53. The van der Waals surface area contributed by atoms with E-state index in [1.807, 2.05) is 0 Å². The molecule has 2 heteroatoms. The summed E-state index contributed by atoms with van der Waals surface area (Å²) in [7, 11) is 0. The Balaban J connectivity index is 1.04. The van der Waals surface area contributed by atoms with Gasteiger partial charge in [0, 0.05) is 33.5 Å². The average molecular weight is 789 g/mol. The topological polar surface area (TPSA) is 8.17 Å². The predicted octanol–water partition coefficient (Wildman–Crippen LogP) is 16.7. The summed E-state index contributed by atoms with van der Waals surface area (Å²) in [6.45, 7) is 0. The minimum Gasteiger partial charge on any atom is -0.310 e. The van der Waals surface area contributed by atoms with Gasteiger partial charge in [-0.15, -0.1) is 0 Å².